The van der Waals surface area contributed by atoms with Gasteiger partial charge in [0.25, 0.3) is 17.7 Å². The fourth-order valence-electron chi connectivity index (χ4n) is 4.54. The molecule has 47 heavy (non-hydrogen) atoms. The number of anilines is 2. The molecule has 12 heteroatoms. The van der Waals surface area contributed by atoms with Crippen molar-refractivity contribution in [3.8, 4) is 5.75 Å². The lowest BCUT2D eigenvalue weighted by molar-refractivity contribution is 0.0526. The monoisotopic (exact) mass is 640 g/mol. The molecule has 0 bridgehead atoms. The van der Waals surface area contributed by atoms with Gasteiger partial charge in [0.05, 0.1) is 18.5 Å². The average Bonchev–Trinajstić information content (AvgIpc) is 3.58. The molecule has 4 rings (SSSR count). The summed E-state index contributed by atoms with van der Waals surface area (Å²) in [4.78, 5) is 50.4. The maximum absolute atomic E-state index is 13.1. The molecule has 0 aliphatic rings. The van der Waals surface area contributed by atoms with Crippen LogP contribution >= 0.6 is 0 Å². The fourth-order valence-corrected chi connectivity index (χ4v) is 4.54. The van der Waals surface area contributed by atoms with E-state index in [2.05, 4.69) is 21.3 Å². The Hall–Kier alpha value is -5.78. The van der Waals surface area contributed by atoms with Crippen LogP contribution in [0.15, 0.2) is 73.1 Å². The van der Waals surface area contributed by atoms with Crippen LogP contribution in [0.4, 0.5) is 16.2 Å². The number of hydrogen-bond donors (Lipinski definition) is 4. The Bertz CT molecular complexity index is 1780. The number of hydrogen-bond acceptors (Lipinski definition) is 6. The SMILES string of the molecule is COc1cccc(/C=C/c2ccc(C(=O)Nc3cc(C(=O)Nc4cc(C(=O)NCCNC(=O)OC(C)(C)C)n(C)c4)n(C)c3)cc2)c1. The first-order chi connectivity index (χ1) is 22.3. The zero-order chi connectivity index (χ0) is 34.1. The molecule has 0 aliphatic carbocycles. The number of amides is 4. The summed E-state index contributed by atoms with van der Waals surface area (Å²) >= 11 is 0. The second kappa shape index (κ2) is 15.0. The summed E-state index contributed by atoms with van der Waals surface area (Å²) < 4.78 is 13.6. The van der Waals surface area contributed by atoms with Crippen molar-refractivity contribution in [1.29, 1.82) is 0 Å². The molecule has 4 N–H and O–H groups in total. The summed E-state index contributed by atoms with van der Waals surface area (Å²) in [6, 6.07) is 18.0. The van der Waals surface area contributed by atoms with Crippen LogP contribution in [-0.2, 0) is 18.8 Å². The van der Waals surface area contributed by atoms with Gasteiger partial charge in [-0.25, -0.2) is 4.79 Å². The zero-order valence-electron chi connectivity index (χ0n) is 27.3. The van der Waals surface area contributed by atoms with Crippen molar-refractivity contribution in [2.75, 3.05) is 30.8 Å². The Morgan fingerprint density at radius 3 is 1.91 bits per heavy atom. The van der Waals surface area contributed by atoms with E-state index in [1.165, 1.54) is 0 Å². The van der Waals surface area contributed by atoms with Gasteiger partial charge in [-0.05, 0) is 68.3 Å². The predicted octanol–water partition coefficient (Wildman–Crippen LogP) is 5.30. The summed E-state index contributed by atoms with van der Waals surface area (Å²) in [5.74, 6) is -0.326. The maximum Gasteiger partial charge on any atom is 0.407 e. The second-order valence-corrected chi connectivity index (χ2v) is 11.8. The van der Waals surface area contributed by atoms with Gasteiger partial charge < -0.3 is 39.9 Å². The summed E-state index contributed by atoms with van der Waals surface area (Å²) in [7, 11) is 5.01. The molecule has 0 saturated carbocycles. The van der Waals surface area contributed by atoms with E-state index in [1.807, 2.05) is 48.6 Å². The molecule has 2 aromatic carbocycles. The van der Waals surface area contributed by atoms with Crippen LogP contribution in [0.5, 0.6) is 5.75 Å². The number of carbonyl (C=O) groups excluding carboxylic acids is 4. The largest absolute Gasteiger partial charge is 0.497 e. The van der Waals surface area contributed by atoms with E-state index in [-0.39, 0.29) is 24.9 Å². The first-order valence-corrected chi connectivity index (χ1v) is 14.9. The molecule has 4 amide bonds. The second-order valence-electron chi connectivity index (χ2n) is 11.8. The van der Waals surface area contributed by atoms with Gasteiger partial charge >= 0.3 is 6.09 Å². The predicted molar refractivity (Wildman–Crippen MR) is 182 cm³/mol. The smallest absolute Gasteiger partial charge is 0.407 e. The Kier molecular flexibility index (Phi) is 10.9. The number of aromatic nitrogens is 2. The minimum Gasteiger partial charge on any atom is -0.497 e. The Balaban J connectivity index is 1.30. The molecule has 0 atom stereocenters. The third-order valence-corrected chi connectivity index (χ3v) is 6.80. The molecule has 2 heterocycles. The van der Waals surface area contributed by atoms with Crippen LogP contribution in [0.2, 0.25) is 0 Å². The molecule has 0 fully saturated rings. The Labute approximate surface area is 273 Å². The lowest BCUT2D eigenvalue weighted by atomic mass is 10.1. The van der Waals surface area contributed by atoms with Crippen molar-refractivity contribution < 1.29 is 28.7 Å². The van der Waals surface area contributed by atoms with Gasteiger partial charge in [-0.15, -0.1) is 0 Å². The van der Waals surface area contributed by atoms with E-state index in [0.717, 1.165) is 16.9 Å². The average molecular weight is 641 g/mol. The quantitative estimate of drug-likeness (QED) is 0.129. The summed E-state index contributed by atoms with van der Waals surface area (Å²) in [5.41, 5.74) is 3.28. The van der Waals surface area contributed by atoms with Crippen molar-refractivity contribution in [2.45, 2.75) is 26.4 Å². The molecule has 0 radical (unpaired) electrons. The fraction of sp³-hybridized carbons (Fsp3) is 0.257. The minimum absolute atomic E-state index is 0.189. The zero-order valence-corrected chi connectivity index (χ0v) is 27.3. The van der Waals surface area contributed by atoms with Crippen molar-refractivity contribution in [3.05, 3.63) is 101 Å². The molecular formula is C35H40N6O6. The minimum atomic E-state index is -0.614. The molecule has 4 aromatic rings. The molecule has 0 saturated heterocycles. The first-order valence-electron chi connectivity index (χ1n) is 14.9. The molecule has 0 spiro atoms. The van der Waals surface area contributed by atoms with E-state index in [4.69, 9.17) is 9.47 Å². The third-order valence-electron chi connectivity index (χ3n) is 6.80. The van der Waals surface area contributed by atoms with Gasteiger partial charge in [-0.1, -0.05) is 36.4 Å². The highest BCUT2D eigenvalue weighted by Crippen LogP contribution is 2.19. The summed E-state index contributed by atoms with van der Waals surface area (Å²) in [6.45, 7) is 5.67. The van der Waals surface area contributed by atoms with Crippen LogP contribution in [0.1, 0.15) is 63.2 Å². The van der Waals surface area contributed by atoms with Gasteiger partial charge in [0.1, 0.15) is 22.7 Å². The standard InChI is InChI=1S/C35H40N6O6/c1-35(2,3)47-34(45)37-17-16-36-32(43)29-19-27(22-40(29)4)39-33(44)30-20-26(21-41(30)5)38-31(42)25-14-12-23(13-15-25)10-11-24-8-7-9-28(18-24)46-6/h7-15,18-22H,16-17H2,1-6H3,(H,36,43)(H,37,45)(H,38,42)(H,39,44)/b11-10+. The van der Waals surface area contributed by atoms with E-state index < -0.39 is 17.6 Å². The van der Waals surface area contributed by atoms with Crippen molar-refractivity contribution >= 4 is 47.3 Å². The number of benzene rings is 2. The molecule has 12 nitrogen and oxygen atoms in total. The van der Waals surface area contributed by atoms with Crippen molar-refractivity contribution in [1.82, 2.24) is 19.8 Å². The molecule has 0 unspecified atom stereocenters. The third kappa shape index (κ3) is 9.85. The van der Waals surface area contributed by atoms with Gasteiger partial charge in [0.2, 0.25) is 0 Å². The van der Waals surface area contributed by atoms with Crippen LogP contribution in [0.25, 0.3) is 12.2 Å². The molecule has 2 aromatic heterocycles. The maximum atomic E-state index is 13.1. The number of carbonyl (C=O) groups is 4. The van der Waals surface area contributed by atoms with E-state index in [1.54, 1.807) is 87.8 Å². The van der Waals surface area contributed by atoms with E-state index in [9.17, 15) is 19.2 Å². The van der Waals surface area contributed by atoms with Gasteiger partial charge in [-0.3, -0.25) is 14.4 Å². The van der Waals surface area contributed by atoms with Crippen molar-refractivity contribution in [2.24, 2.45) is 14.1 Å². The highest BCUT2D eigenvalue weighted by molar-refractivity contribution is 6.07. The highest BCUT2D eigenvalue weighted by Gasteiger charge is 2.18. The van der Waals surface area contributed by atoms with E-state index in [0.29, 0.717) is 28.3 Å². The van der Waals surface area contributed by atoms with Crippen LogP contribution in [0, 0.1) is 0 Å². The summed E-state index contributed by atoms with van der Waals surface area (Å²) in [5, 5.41) is 10.9. The normalized spacial score (nSPS) is 11.2. The van der Waals surface area contributed by atoms with E-state index >= 15 is 0 Å². The lowest BCUT2D eigenvalue weighted by Crippen LogP contribution is -2.38. The Morgan fingerprint density at radius 1 is 0.723 bits per heavy atom. The van der Waals surface area contributed by atoms with Gasteiger partial charge in [0, 0.05) is 45.1 Å². The molecule has 246 valence electrons. The topological polar surface area (TPSA) is 145 Å². The van der Waals surface area contributed by atoms with Crippen LogP contribution < -0.4 is 26.0 Å². The highest BCUT2D eigenvalue weighted by atomic mass is 16.6. The summed E-state index contributed by atoms with van der Waals surface area (Å²) in [6.07, 6.45) is 6.62. The lowest BCUT2D eigenvalue weighted by Gasteiger charge is -2.19. The van der Waals surface area contributed by atoms with Crippen LogP contribution in [-0.4, -0.2) is 58.7 Å². The molecule has 0 aliphatic heterocycles. The number of aryl methyl sites for hydroxylation is 2. The number of ether oxygens (including phenoxy) is 2. The molecular weight excluding hydrogens is 600 g/mol. The number of nitrogens with zero attached hydrogens (tertiary/aromatic N) is 2. The Morgan fingerprint density at radius 2 is 1.30 bits per heavy atom. The van der Waals surface area contributed by atoms with Crippen LogP contribution in [0.3, 0.4) is 0 Å². The van der Waals surface area contributed by atoms with Gasteiger partial charge in [0.15, 0.2) is 0 Å². The number of rotatable bonds is 11. The van der Waals surface area contributed by atoms with Gasteiger partial charge in [-0.2, -0.15) is 0 Å². The number of nitrogens with one attached hydrogen (secondary N) is 4. The first kappa shape index (κ1) is 34.1. The number of alkyl carbamates (subject to hydrolysis) is 1. The van der Waals surface area contributed by atoms with Crippen molar-refractivity contribution in [3.63, 3.8) is 0 Å². The number of methoxy groups -OCH3 is 1.